The van der Waals surface area contributed by atoms with Crippen molar-refractivity contribution in [3.63, 3.8) is 0 Å². The SMILES string of the molecule is C=Cc1cc(F)cc(B2OC(C)(C)C(C)(C)O2)c1. The fourth-order valence-electron chi connectivity index (χ4n) is 1.87. The second kappa shape index (κ2) is 4.21. The molecule has 0 aliphatic carbocycles. The third-order valence-electron chi connectivity index (χ3n) is 3.70. The molecule has 0 aromatic heterocycles. The minimum atomic E-state index is -0.538. The lowest BCUT2D eigenvalue weighted by molar-refractivity contribution is 0.00578. The number of hydrogen-bond donors (Lipinski definition) is 0. The molecule has 0 atom stereocenters. The molecule has 1 saturated heterocycles. The van der Waals surface area contributed by atoms with E-state index in [4.69, 9.17) is 9.31 Å². The molecule has 1 aromatic carbocycles. The zero-order valence-corrected chi connectivity index (χ0v) is 11.3. The van der Waals surface area contributed by atoms with Crippen LogP contribution in [-0.2, 0) is 9.31 Å². The molecule has 1 aliphatic heterocycles. The molecule has 0 bridgehead atoms. The molecule has 0 spiro atoms. The summed E-state index contributed by atoms with van der Waals surface area (Å²) in [4.78, 5) is 0. The highest BCUT2D eigenvalue weighted by atomic mass is 19.1. The predicted octanol–water partition coefficient (Wildman–Crippen LogP) is 2.77. The quantitative estimate of drug-likeness (QED) is 0.749. The maximum atomic E-state index is 13.5. The lowest BCUT2D eigenvalue weighted by Gasteiger charge is -2.32. The van der Waals surface area contributed by atoms with E-state index in [1.165, 1.54) is 12.1 Å². The van der Waals surface area contributed by atoms with Gasteiger partial charge >= 0.3 is 7.12 Å². The molecule has 0 radical (unpaired) electrons. The molecule has 0 N–H and O–H groups in total. The largest absolute Gasteiger partial charge is 0.494 e. The van der Waals surface area contributed by atoms with E-state index in [2.05, 4.69) is 6.58 Å². The Balaban J connectivity index is 2.35. The van der Waals surface area contributed by atoms with Crippen molar-refractivity contribution in [1.29, 1.82) is 0 Å². The van der Waals surface area contributed by atoms with Gasteiger partial charge in [0.15, 0.2) is 0 Å². The number of rotatable bonds is 2. The van der Waals surface area contributed by atoms with E-state index in [-0.39, 0.29) is 5.82 Å². The van der Waals surface area contributed by atoms with Crippen LogP contribution in [0.25, 0.3) is 6.08 Å². The maximum Gasteiger partial charge on any atom is 0.494 e. The van der Waals surface area contributed by atoms with Gasteiger partial charge in [0.25, 0.3) is 0 Å². The molecule has 0 amide bonds. The second-order valence-electron chi connectivity index (χ2n) is 5.61. The molecule has 4 heteroatoms. The molecule has 2 nitrogen and oxygen atoms in total. The van der Waals surface area contributed by atoms with Crippen LogP contribution in [-0.4, -0.2) is 18.3 Å². The van der Waals surface area contributed by atoms with Gasteiger partial charge < -0.3 is 9.31 Å². The fraction of sp³-hybridized carbons (Fsp3) is 0.429. The van der Waals surface area contributed by atoms with Crippen LogP contribution in [0.4, 0.5) is 4.39 Å². The third-order valence-corrected chi connectivity index (χ3v) is 3.70. The maximum absolute atomic E-state index is 13.5. The van der Waals surface area contributed by atoms with Crippen LogP contribution in [0.15, 0.2) is 24.8 Å². The van der Waals surface area contributed by atoms with Crippen LogP contribution >= 0.6 is 0 Å². The van der Waals surface area contributed by atoms with Gasteiger partial charge in [-0.25, -0.2) is 4.39 Å². The molecule has 1 aromatic rings. The molecule has 96 valence electrons. The Morgan fingerprint density at radius 1 is 1.11 bits per heavy atom. The molecule has 0 unspecified atom stereocenters. The topological polar surface area (TPSA) is 18.5 Å². The minimum Gasteiger partial charge on any atom is -0.399 e. The second-order valence-corrected chi connectivity index (χ2v) is 5.61. The van der Waals surface area contributed by atoms with Crippen LogP contribution in [0.3, 0.4) is 0 Å². The monoisotopic (exact) mass is 248 g/mol. The van der Waals surface area contributed by atoms with Gasteiger partial charge in [0.2, 0.25) is 0 Å². The summed E-state index contributed by atoms with van der Waals surface area (Å²) in [6, 6.07) is 4.70. The predicted molar refractivity (Wildman–Crippen MR) is 72.2 cm³/mol. The van der Waals surface area contributed by atoms with Crippen LogP contribution in [0.5, 0.6) is 0 Å². The Morgan fingerprint density at radius 2 is 1.67 bits per heavy atom. The van der Waals surface area contributed by atoms with Gasteiger partial charge in [-0.15, -0.1) is 0 Å². The first kappa shape index (κ1) is 13.3. The van der Waals surface area contributed by atoms with E-state index in [9.17, 15) is 4.39 Å². The third kappa shape index (κ3) is 2.23. The average molecular weight is 248 g/mol. The molecule has 0 saturated carbocycles. The van der Waals surface area contributed by atoms with Crippen LogP contribution in [0.1, 0.15) is 33.3 Å². The Hall–Kier alpha value is -1.13. The van der Waals surface area contributed by atoms with E-state index in [0.717, 1.165) is 5.56 Å². The summed E-state index contributed by atoms with van der Waals surface area (Å²) < 4.78 is 25.3. The lowest BCUT2D eigenvalue weighted by Crippen LogP contribution is -2.41. The molecular formula is C14H18BFO2. The molecular weight excluding hydrogens is 230 g/mol. The molecule has 18 heavy (non-hydrogen) atoms. The van der Waals surface area contributed by atoms with Crippen molar-refractivity contribution in [3.05, 3.63) is 36.2 Å². The number of hydrogen-bond acceptors (Lipinski definition) is 2. The first-order chi connectivity index (χ1) is 8.25. The molecule has 1 heterocycles. The Morgan fingerprint density at radius 3 is 2.17 bits per heavy atom. The minimum absolute atomic E-state index is 0.308. The van der Waals surface area contributed by atoms with Crippen molar-refractivity contribution in [2.75, 3.05) is 0 Å². The average Bonchev–Trinajstić information content (AvgIpc) is 2.47. The van der Waals surface area contributed by atoms with Gasteiger partial charge in [0.1, 0.15) is 5.82 Å². The van der Waals surface area contributed by atoms with Gasteiger partial charge in [-0.3, -0.25) is 0 Å². The van der Waals surface area contributed by atoms with E-state index >= 15 is 0 Å². The van der Waals surface area contributed by atoms with Crippen molar-refractivity contribution in [3.8, 4) is 0 Å². The van der Waals surface area contributed by atoms with Crippen molar-refractivity contribution in [2.24, 2.45) is 0 Å². The summed E-state index contributed by atoms with van der Waals surface area (Å²) in [6.07, 6.45) is 1.61. The molecule has 1 fully saturated rings. The summed E-state index contributed by atoms with van der Waals surface area (Å²) in [5.74, 6) is -0.308. The summed E-state index contributed by atoms with van der Waals surface area (Å²) in [6.45, 7) is 11.5. The smallest absolute Gasteiger partial charge is 0.399 e. The fourth-order valence-corrected chi connectivity index (χ4v) is 1.87. The highest BCUT2D eigenvalue weighted by molar-refractivity contribution is 6.62. The number of halogens is 1. The lowest BCUT2D eigenvalue weighted by atomic mass is 9.78. The number of benzene rings is 1. The van der Waals surface area contributed by atoms with Gasteiger partial charge in [0.05, 0.1) is 11.2 Å². The van der Waals surface area contributed by atoms with Gasteiger partial charge in [0, 0.05) is 0 Å². The van der Waals surface area contributed by atoms with Crippen molar-refractivity contribution in [1.82, 2.24) is 0 Å². The van der Waals surface area contributed by atoms with Gasteiger partial charge in [-0.2, -0.15) is 0 Å². The van der Waals surface area contributed by atoms with E-state index in [1.807, 2.05) is 33.8 Å². The van der Waals surface area contributed by atoms with Crippen molar-refractivity contribution < 1.29 is 13.7 Å². The molecule has 1 aliphatic rings. The summed E-state index contributed by atoms with van der Waals surface area (Å²) in [5.41, 5.74) is 0.569. The molecule has 2 rings (SSSR count). The highest BCUT2D eigenvalue weighted by Crippen LogP contribution is 2.36. The zero-order valence-electron chi connectivity index (χ0n) is 11.3. The van der Waals surface area contributed by atoms with Crippen LogP contribution < -0.4 is 5.46 Å². The van der Waals surface area contributed by atoms with E-state index in [0.29, 0.717) is 5.46 Å². The van der Waals surface area contributed by atoms with E-state index in [1.54, 1.807) is 6.08 Å². The Bertz CT molecular complexity index is 467. The zero-order chi connectivity index (χ0) is 13.6. The summed E-state index contributed by atoms with van der Waals surface area (Å²) in [5, 5.41) is 0. The van der Waals surface area contributed by atoms with Crippen molar-refractivity contribution >= 4 is 18.7 Å². The summed E-state index contributed by atoms with van der Waals surface area (Å²) >= 11 is 0. The van der Waals surface area contributed by atoms with Gasteiger partial charge in [-0.1, -0.05) is 18.7 Å². The standard InChI is InChI=1S/C14H18BFO2/c1-6-10-7-11(9-12(16)8-10)15-17-13(2,3)14(4,5)18-15/h6-9H,1H2,2-5H3. The highest BCUT2D eigenvalue weighted by Gasteiger charge is 2.51. The van der Waals surface area contributed by atoms with Crippen LogP contribution in [0.2, 0.25) is 0 Å². The van der Waals surface area contributed by atoms with Crippen molar-refractivity contribution in [2.45, 2.75) is 38.9 Å². The Labute approximate surface area is 108 Å². The summed E-state index contributed by atoms with van der Waals surface area (Å²) in [7, 11) is -0.538. The van der Waals surface area contributed by atoms with E-state index < -0.39 is 18.3 Å². The first-order valence-electron chi connectivity index (χ1n) is 6.04. The Kier molecular flexibility index (Phi) is 3.12. The first-order valence-corrected chi connectivity index (χ1v) is 6.04. The normalized spacial score (nSPS) is 21.1. The van der Waals surface area contributed by atoms with Gasteiger partial charge in [-0.05, 0) is 50.9 Å². The van der Waals surface area contributed by atoms with Crippen LogP contribution in [0, 0.1) is 5.82 Å².